The summed E-state index contributed by atoms with van der Waals surface area (Å²) in [6.07, 6.45) is 1.07. The van der Waals surface area contributed by atoms with Gasteiger partial charge in [0.25, 0.3) is 0 Å². The van der Waals surface area contributed by atoms with E-state index in [9.17, 15) is 9.90 Å². The fraction of sp³-hybridized carbons (Fsp3) is 0.889. The first-order chi connectivity index (χ1) is 6.72. The maximum atomic E-state index is 9.88. The van der Waals surface area contributed by atoms with Crippen LogP contribution in [0, 0.1) is 0 Å². The molecular weight excluding hydrogens is 182 g/mol. The van der Waals surface area contributed by atoms with Crippen molar-refractivity contribution in [2.75, 3.05) is 46.3 Å². The summed E-state index contributed by atoms with van der Waals surface area (Å²) in [5.74, 6) is 0. The van der Waals surface area contributed by atoms with Crippen molar-refractivity contribution in [3.63, 3.8) is 0 Å². The number of aliphatic hydroxyl groups is 1. The Morgan fingerprint density at radius 3 is 2.64 bits per heavy atom. The van der Waals surface area contributed by atoms with Gasteiger partial charge in [-0.1, -0.05) is 0 Å². The predicted octanol–water partition coefficient (Wildman–Crippen LogP) is -1.75. The van der Waals surface area contributed by atoms with Crippen molar-refractivity contribution >= 4 is 6.41 Å². The third kappa shape index (κ3) is 4.04. The molecule has 0 spiro atoms. The van der Waals surface area contributed by atoms with Crippen LogP contribution in [-0.4, -0.2) is 73.7 Å². The van der Waals surface area contributed by atoms with Gasteiger partial charge in [-0.15, -0.1) is 0 Å². The Morgan fingerprint density at radius 2 is 2.07 bits per heavy atom. The van der Waals surface area contributed by atoms with E-state index in [1.165, 1.54) is 0 Å². The van der Waals surface area contributed by atoms with Crippen LogP contribution in [0.1, 0.15) is 0 Å². The Bertz CT molecular complexity index is 169. The zero-order chi connectivity index (χ0) is 10.4. The summed E-state index contributed by atoms with van der Waals surface area (Å²) >= 11 is 0. The van der Waals surface area contributed by atoms with Crippen molar-refractivity contribution in [2.24, 2.45) is 0 Å². The van der Waals surface area contributed by atoms with Crippen LogP contribution in [0.15, 0.2) is 0 Å². The first kappa shape index (κ1) is 11.4. The zero-order valence-electron chi connectivity index (χ0n) is 8.57. The molecule has 0 aromatic heterocycles. The SMILES string of the molecule is CN1CCN(CC(O)CN[C]=O)CC1. The van der Waals surface area contributed by atoms with E-state index >= 15 is 0 Å². The van der Waals surface area contributed by atoms with E-state index in [-0.39, 0.29) is 6.54 Å². The first-order valence-electron chi connectivity index (χ1n) is 4.91. The summed E-state index contributed by atoms with van der Waals surface area (Å²) in [5.41, 5.74) is 0. The molecule has 1 rings (SSSR count). The van der Waals surface area contributed by atoms with Crippen molar-refractivity contribution in [3.8, 4) is 0 Å². The molecule has 0 saturated carbocycles. The van der Waals surface area contributed by atoms with E-state index < -0.39 is 6.10 Å². The van der Waals surface area contributed by atoms with Crippen molar-refractivity contribution in [3.05, 3.63) is 0 Å². The molecule has 0 bridgehead atoms. The van der Waals surface area contributed by atoms with Crippen LogP contribution in [0.2, 0.25) is 0 Å². The number of piperazine rings is 1. The molecular formula is C9H18N3O2. The third-order valence-corrected chi connectivity index (χ3v) is 2.47. The molecule has 81 valence electrons. The number of rotatable bonds is 5. The standard InChI is InChI=1S/C9H18N3O2/c1-11-2-4-12(5-3-11)7-9(14)6-10-8-13/h9,14H,2-7H2,1H3,(H,10,13). The Morgan fingerprint density at radius 1 is 1.43 bits per heavy atom. The highest BCUT2D eigenvalue weighted by Crippen LogP contribution is 1.99. The molecule has 0 aliphatic carbocycles. The van der Waals surface area contributed by atoms with Crippen LogP contribution >= 0.6 is 0 Å². The number of amides is 1. The van der Waals surface area contributed by atoms with Gasteiger partial charge >= 0.3 is 6.41 Å². The maximum absolute atomic E-state index is 9.88. The highest BCUT2D eigenvalue weighted by Gasteiger charge is 2.16. The lowest BCUT2D eigenvalue weighted by Crippen LogP contribution is -2.48. The number of β-amino-alcohol motifs (C(OH)–C–C–N with tert-alkyl or cyclic N) is 1. The number of nitrogens with zero attached hydrogens (tertiary/aromatic N) is 2. The molecule has 5 nitrogen and oxygen atoms in total. The monoisotopic (exact) mass is 200 g/mol. The van der Waals surface area contributed by atoms with Gasteiger partial charge in [0.2, 0.25) is 0 Å². The molecule has 1 radical (unpaired) electrons. The van der Waals surface area contributed by atoms with Gasteiger partial charge in [-0.25, -0.2) is 0 Å². The van der Waals surface area contributed by atoms with E-state index in [4.69, 9.17) is 0 Å². The second-order valence-electron chi connectivity index (χ2n) is 3.74. The van der Waals surface area contributed by atoms with E-state index in [2.05, 4.69) is 22.2 Å². The molecule has 1 aliphatic rings. The van der Waals surface area contributed by atoms with E-state index in [0.717, 1.165) is 26.2 Å². The summed E-state index contributed by atoms with van der Waals surface area (Å²) in [6, 6.07) is 0. The summed E-state index contributed by atoms with van der Waals surface area (Å²) in [6.45, 7) is 4.97. The van der Waals surface area contributed by atoms with Crippen molar-refractivity contribution in [2.45, 2.75) is 6.10 Å². The van der Waals surface area contributed by atoms with Crippen LogP contribution in [0.4, 0.5) is 0 Å². The smallest absolute Gasteiger partial charge is 0.309 e. The topological polar surface area (TPSA) is 55.8 Å². The van der Waals surface area contributed by atoms with Crippen molar-refractivity contribution in [1.82, 2.24) is 15.1 Å². The predicted molar refractivity (Wildman–Crippen MR) is 53.6 cm³/mol. The lowest BCUT2D eigenvalue weighted by atomic mass is 10.2. The number of carbonyl (C=O) groups excluding carboxylic acids is 1. The highest BCUT2D eigenvalue weighted by atomic mass is 16.3. The maximum Gasteiger partial charge on any atom is 0.309 e. The lowest BCUT2D eigenvalue weighted by Gasteiger charge is -2.33. The minimum absolute atomic E-state index is 0.288. The minimum Gasteiger partial charge on any atom is -0.390 e. The van der Waals surface area contributed by atoms with Gasteiger partial charge in [0.05, 0.1) is 6.10 Å². The second kappa shape index (κ2) is 5.95. The summed E-state index contributed by atoms with van der Waals surface area (Å²) < 4.78 is 0. The number of likely N-dealkylation sites (N-methyl/N-ethyl adjacent to an activating group) is 1. The number of hydrogen-bond acceptors (Lipinski definition) is 4. The van der Waals surface area contributed by atoms with Crippen LogP contribution in [0.3, 0.4) is 0 Å². The molecule has 0 aromatic carbocycles. The van der Waals surface area contributed by atoms with Crippen LogP contribution in [-0.2, 0) is 4.79 Å². The molecule has 0 aromatic rings. The molecule has 1 unspecified atom stereocenters. The fourth-order valence-corrected chi connectivity index (χ4v) is 1.55. The van der Waals surface area contributed by atoms with E-state index in [1.807, 2.05) is 0 Å². The second-order valence-corrected chi connectivity index (χ2v) is 3.74. The fourth-order valence-electron chi connectivity index (χ4n) is 1.55. The molecule has 5 heteroatoms. The number of nitrogens with one attached hydrogen (secondary N) is 1. The summed E-state index contributed by atoms with van der Waals surface area (Å²) in [4.78, 5) is 14.3. The number of aliphatic hydroxyl groups excluding tert-OH is 1. The van der Waals surface area contributed by atoms with Gasteiger partial charge in [0, 0.05) is 39.3 Å². The largest absolute Gasteiger partial charge is 0.390 e. The van der Waals surface area contributed by atoms with Gasteiger partial charge in [-0.05, 0) is 7.05 Å². The molecule has 1 fully saturated rings. The van der Waals surface area contributed by atoms with Gasteiger partial charge in [0.1, 0.15) is 0 Å². The minimum atomic E-state index is -0.486. The Kier molecular flexibility index (Phi) is 4.86. The first-order valence-corrected chi connectivity index (χ1v) is 4.91. The lowest BCUT2D eigenvalue weighted by molar-refractivity contribution is 0.0825. The van der Waals surface area contributed by atoms with Crippen molar-refractivity contribution < 1.29 is 9.90 Å². The zero-order valence-corrected chi connectivity index (χ0v) is 8.57. The number of hydrogen-bond donors (Lipinski definition) is 2. The van der Waals surface area contributed by atoms with Gasteiger partial charge in [-0.2, -0.15) is 0 Å². The average Bonchev–Trinajstić information content (AvgIpc) is 2.18. The Labute approximate surface area is 84.7 Å². The molecule has 1 aliphatic heterocycles. The third-order valence-electron chi connectivity index (χ3n) is 2.47. The highest BCUT2D eigenvalue weighted by molar-refractivity contribution is 5.46. The van der Waals surface area contributed by atoms with Crippen LogP contribution < -0.4 is 5.32 Å². The van der Waals surface area contributed by atoms with Crippen LogP contribution in [0.25, 0.3) is 0 Å². The molecule has 1 amide bonds. The van der Waals surface area contributed by atoms with E-state index in [0.29, 0.717) is 6.54 Å². The molecule has 1 saturated heterocycles. The Balaban J connectivity index is 2.13. The molecule has 14 heavy (non-hydrogen) atoms. The molecule has 2 N–H and O–H groups in total. The van der Waals surface area contributed by atoms with Gasteiger partial charge < -0.3 is 15.3 Å². The van der Waals surface area contributed by atoms with Gasteiger partial charge in [-0.3, -0.25) is 9.69 Å². The normalized spacial score (nSPS) is 21.9. The molecule has 1 atom stereocenters. The van der Waals surface area contributed by atoms with Crippen LogP contribution in [0.5, 0.6) is 0 Å². The van der Waals surface area contributed by atoms with Gasteiger partial charge in [0.15, 0.2) is 0 Å². The quantitative estimate of drug-likeness (QED) is 0.517. The summed E-state index contributed by atoms with van der Waals surface area (Å²) in [5, 5.41) is 11.9. The summed E-state index contributed by atoms with van der Waals surface area (Å²) in [7, 11) is 2.09. The molecule has 1 heterocycles. The average molecular weight is 200 g/mol. The van der Waals surface area contributed by atoms with E-state index in [1.54, 1.807) is 6.41 Å². The Hall–Kier alpha value is -0.650. The van der Waals surface area contributed by atoms with Crippen molar-refractivity contribution in [1.29, 1.82) is 0 Å².